The first-order chi connectivity index (χ1) is 9.61. The quantitative estimate of drug-likeness (QED) is 0.843. The standard InChI is InChI=1S/C17H26N2O/c1-4-15-7-5-6-8-16(15)18-9-11-19(12-10-18)17(20)13-14(2)3/h5-8,14H,4,9-13H2,1-3H3. The van der Waals surface area contributed by atoms with Crippen molar-refractivity contribution in [1.82, 2.24) is 4.90 Å². The van der Waals surface area contributed by atoms with Crippen LogP contribution in [0.5, 0.6) is 0 Å². The summed E-state index contributed by atoms with van der Waals surface area (Å²) in [5.74, 6) is 0.754. The molecule has 3 heteroatoms. The molecule has 0 aliphatic carbocycles. The van der Waals surface area contributed by atoms with Gasteiger partial charge in [-0.05, 0) is 24.0 Å². The third-order valence-corrected chi connectivity index (χ3v) is 3.93. The van der Waals surface area contributed by atoms with Gasteiger partial charge in [-0.1, -0.05) is 39.0 Å². The predicted molar refractivity (Wildman–Crippen MR) is 84.1 cm³/mol. The Kier molecular flexibility index (Phi) is 5.05. The third kappa shape index (κ3) is 3.53. The van der Waals surface area contributed by atoms with Crippen molar-refractivity contribution in [3.05, 3.63) is 29.8 Å². The van der Waals surface area contributed by atoms with E-state index in [4.69, 9.17) is 0 Å². The van der Waals surface area contributed by atoms with Crippen LogP contribution in [0, 0.1) is 5.92 Å². The molecule has 2 rings (SSSR count). The summed E-state index contributed by atoms with van der Waals surface area (Å²) in [7, 11) is 0. The molecule has 1 amide bonds. The molecule has 0 unspecified atom stereocenters. The molecular formula is C17H26N2O. The third-order valence-electron chi connectivity index (χ3n) is 3.93. The highest BCUT2D eigenvalue weighted by Crippen LogP contribution is 2.22. The van der Waals surface area contributed by atoms with Gasteiger partial charge in [0.25, 0.3) is 0 Å². The van der Waals surface area contributed by atoms with Gasteiger partial charge in [-0.3, -0.25) is 4.79 Å². The summed E-state index contributed by atoms with van der Waals surface area (Å²) >= 11 is 0. The van der Waals surface area contributed by atoms with Crippen LogP contribution in [0.2, 0.25) is 0 Å². The van der Waals surface area contributed by atoms with Gasteiger partial charge in [0.15, 0.2) is 0 Å². The van der Waals surface area contributed by atoms with Crippen molar-refractivity contribution in [2.75, 3.05) is 31.1 Å². The van der Waals surface area contributed by atoms with Crippen molar-refractivity contribution < 1.29 is 4.79 Å². The van der Waals surface area contributed by atoms with Crippen LogP contribution in [0.1, 0.15) is 32.8 Å². The summed E-state index contributed by atoms with van der Waals surface area (Å²) in [6.45, 7) is 9.99. The lowest BCUT2D eigenvalue weighted by atomic mass is 10.1. The van der Waals surface area contributed by atoms with E-state index in [1.54, 1.807) is 0 Å². The van der Waals surface area contributed by atoms with Crippen LogP contribution < -0.4 is 4.90 Å². The summed E-state index contributed by atoms with van der Waals surface area (Å²) in [4.78, 5) is 16.5. The van der Waals surface area contributed by atoms with Crippen molar-refractivity contribution in [3.63, 3.8) is 0 Å². The van der Waals surface area contributed by atoms with E-state index >= 15 is 0 Å². The number of anilines is 1. The number of carbonyl (C=O) groups excluding carboxylic acids is 1. The van der Waals surface area contributed by atoms with E-state index in [-0.39, 0.29) is 0 Å². The van der Waals surface area contributed by atoms with Crippen molar-refractivity contribution >= 4 is 11.6 Å². The first kappa shape index (κ1) is 14.9. The first-order valence-electron chi connectivity index (χ1n) is 7.72. The summed E-state index contributed by atoms with van der Waals surface area (Å²) in [5, 5.41) is 0. The number of benzene rings is 1. The largest absolute Gasteiger partial charge is 0.368 e. The van der Waals surface area contributed by atoms with Gasteiger partial charge in [-0.25, -0.2) is 0 Å². The minimum Gasteiger partial charge on any atom is -0.368 e. The molecular weight excluding hydrogens is 248 g/mol. The maximum absolute atomic E-state index is 12.1. The summed E-state index contributed by atoms with van der Waals surface area (Å²) < 4.78 is 0. The fraction of sp³-hybridized carbons (Fsp3) is 0.588. The maximum atomic E-state index is 12.1. The van der Waals surface area contributed by atoms with Crippen LogP contribution in [0.4, 0.5) is 5.69 Å². The molecule has 20 heavy (non-hydrogen) atoms. The lowest BCUT2D eigenvalue weighted by molar-refractivity contribution is -0.132. The summed E-state index contributed by atoms with van der Waals surface area (Å²) in [5.41, 5.74) is 2.74. The number of piperazine rings is 1. The Balaban J connectivity index is 1.96. The molecule has 1 aromatic rings. The van der Waals surface area contributed by atoms with E-state index in [9.17, 15) is 4.79 Å². The Morgan fingerprint density at radius 2 is 1.80 bits per heavy atom. The topological polar surface area (TPSA) is 23.6 Å². The number of rotatable bonds is 4. The molecule has 0 aromatic heterocycles. The molecule has 1 heterocycles. The van der Waals surface area contributed by atoms with Crippen LogP contribution in [-0.4, -0.2) is 37.0 Å². The second kappa shape index (κ2) is 6.78. The molecule has 0 radical (unpaired) electrons. The van der Waals surface area contributed by atoms with Gasteiger partial charge in [0.2, 0.25) is 5.91 Å². The van der Waals surface area contributed by atoms with Crippen molar-refractivity contribution in [2.24, 2.45) is 5.92 Å². The average Bonchev–Trinajstić information content (AvgIpc) is 2.46. The molecule has 110 valence electrons. The second-order valence-corrected chi connectivity index (χ2v) is 5.95. The van der Waals surface area contributed by atoms with E-state index in [1.807, 2.05) is 4.90 Å². The van der Waals surface area contributed by atoms with Crippen molar-refractivity contribution in [1.29, 1.82) is 0 Å². The van der Waals surface area contributed by atoms with Gasteiger partial charge < -0.3 is 9.80 Å². The number of hydrogen-bond acceptors (Lipinski definition) is 2. The molecule has 1 aromatic carbocycles. The molecule has 0 saturated carbocycles. The van der Waals surface area contributed by atoms with Gasteiger partial charge in [-0.2, -0.15) is 0 Å². The Hall–Kier alpha value is -1.51. The minimum atomic E-state index is 0.309. The molecule has 1 aliphatic heterocycles. The molecule has 0 N–H and O–H groups in total. The first-order valence-corrected chi connectivity index (χ1v) is 7.72. The highest BCUT2D eigenvalue weighted by molar-refractivity contribution is 5.76. The average molecular weight is 274 g/mol. The smallest absolute Gasteiger partial charge is 0.222 e. The predicted octanol–water partition coefficient (Wildman–Crippen LogP) is 2.94. The summed E-state index contributed by atoms with van der Waals surface area (Å²) in [6, 6.07) is 8.60. The normalized spacial score (nSPS) is 15.8. The Morgan fingerprint density at radius 3 is 2.40 bits per heavy atom. The SMILES string of the molecule is CCc1ccccc1N1CCN(C(=O)CC(C)C)CC1. The van der Waals surface area contributed by atoms with E-state index in [0.29, 0.717) is 18.2 Å². The number of carbonyl (C=O) groups is 1. The zero-order chi connectivity index (χ0) is 14.5. The number of para-hydroxylation sites is 1. The van der Waals surface area contributed by atoms with E-state index < -0.39 is 0 Å². The van der Waals surface area contributed by atoms with Gasteiger partial charge in [0.1, 0.15) is 0 Å². The van der Waals surface area contributed by atoms with Crippen LogP contribution in [0.15, 0.2) is 24.3 Å². The number of hydrogen-bond donors (Lipinski definition) is 0. The fourth-order valence-electron chi connectivity index (χ4n) is 2.79. The minimum absolute atomic E-state index is 0.309. The Labute approximate surface area is 122 Å². The molecule has 1 fully saturated rings. The highest BCUT2D eigenvalue weighted by atomic mass is 16.2. The maximum Gasteiger partial charge on any atom is 0.222 e. The van der Waals surface area contributed by atoms with Crippen LogP contribution in [0.3, 0.4) is 0 Å². The van der Waals surface area contributed by atoms with E-state index in [0.717, 1.165) is 32.6 Å². The zero-order valence-corrected chi connectivity index (χ0v) is 12.9. The number of nitrogens with zero attached hydrogens (tertiary/aromatic N) is 2. The molecule has 0 atom stereocenters. The highest BCUT2D eigenvalue weighted by Gasteiger charge is 2.22. The van der Waals surface area contributed by atoms with Crippen molar-refractivity contribution in [2.45, 2.75) is 33.6 Å². The fourth-order valence-corrected chi connectivity index (χ4v) is 2.79. The lowest BCUT2D eigenvalue weighted by Gasteiger charge is -2.37. The van der Waals surface area contributed by atoms with Crippen LogP contribution >= 0.6 is 0 Å². The molecule has 0 bridgehead atoms. The second-order valence-electron chi connectivity index (χ2n) is 5.95. The Morgan fingerprint density at radius 1 is 1.15 bits per heavy atom. The van der Waals surface area contributed by atoms with E-state index in [1.165, 1.54) is 11.3 Å². The zero-order valence-electron chi connectivity index (χ0n) is 12.9. The number of amides is 1. The van der Waals surface area contributed by atoms with Crippen molar-refractivity contribution in [3.8, 4) is 0 Å². The van der Waals surface area contributed by atoms with Crippen LogP contribution in [-0.2, 0) is 11.2 Å². The summed E-state index contributed by atoms with van der Waals surface area (Å²) in [6.07, 6.45) is 1.73. The molecule has 0 spiro atoms. The molecule has 3 nitrogen and oxygen atoms in total. The van der Waals surface area contributed by atoms with Gasteiger partial charge in [0.05, 0.1) is 0 Å². The number of aryl methyl sites for hydroxylation is 1. The van der Waals surface area contributed by atoms with Gasteiger partial charge in [-0.15, -0.1) is 0 Å². The molecule has 1 aliphatic rings. The van der Waals surface area contributed by atoms with Gasteiger partial charge >= 0.3 is 0 Å². The Bertz CT molecular complexity index is 448. The van der Waals surface area contributed by atoms with Gasteiger partial charge in [0, 0.05) is 38.3 Å². The molecule has 1 saturated heterocycles. The van der Waals surface area contributed by atoms with Crippen LogP contribution in [0.25, 0.3) is 0 Å². The lowest BCUT2D eigenvalue weighted by Crippen LogP contribution is -2.49. The van der Waals surface area contributed by atoms with E-state index in [2.05, 4.69) is 49.9 Å². The monoisotopic (exact) mass is 274 g/mol.